The number of nitrogens with one attached hydrogen (secondary N) is 1. The molecule has 0 unspecified atom stereocenters. The molecule has 1 amide bonds. The molecule has 1 aliphatic heterocycles. The summed E-state index contributed by atoms with van der Waals surface area (Å²) in [6.45, 7) is 4.28. The summed E-state index contributed by atoms with van der Waals surface area (Å²) in [5, 5.41) is 2.76. The van der Waals surface area contributed by atoms with Gasteiger partial charge in [0.15, 0.2) is 6.79 Å². The minimum atomic E-state index is -0.401. The van der Waals surface area contributed by atoms with E-state index in [4.69, 9.17) is 14.2 Å². The highest BCUT2D eigenvalue weighted by Crippen LogP contribution is 2.27. The molecule has 1 aliphatic rings. The Balaban J connectivity index is 1.67. The van der Waals surface area contributed by atoms with Crippen molar-refractivity contribution < 1.29 is 23.4 Å². The van der Waals surface area contributed by atoms with Crippen LogP contribution in [-0.4, -0.2) is 71.2 Å². The molecule has 1 N–H and O–H groups in total. The van der Waals surface area contributed by atoms with Gasteiger partial charge in [0.25, 0.3) is 5.91 Å². The van der Waals surface area contributed by atoms with Crippen LogP contribution >= 0.6 is 15.9 Å². The zero-order valence-electron chi connectivity index (χ0n) is 18.4. The summed E-state index contributed by atoms with van der Waals surface area (Å²) < 4.78 is 31.4. The van der Waals surface area contributed by atoms with Gasteiger partial charge in [-0.15, -0.1) is 0 Å². The van der Waals surface area contributed by atoms with Crippen LogP contribution in [0.3, 0.4) is 0 Å². The number of rotatable bonds is 9. The summed E-state index contributed by atoms with van der Waals surface area (Å²) in [4.78, 5) is 17.2. The maximum atomic E-state index is 14.9. The number of benzene rings is 2. The lowest BCUT2D eigenvalue weighted by molar-refractivity contribution is -0.00873. The Labute approximate surface area is 196 Å². The standard InChI is InChI=1S/C23H29BrFN3O4/c1-27-8-3-9-28(11-10-27)21-6-5-18(15-20(21)25)26-23(29)19-14-17(24)4-7-22(19)32-16-31-13-12-30-2/h4-7,14-15H,3,8-13,16H2,1-2H3,(H,26,29). The van der Waals surface area contributed by atoms with Gasteiger partial charge in [0, 0.05) is 36.9 Å². The number of carbonyl (C=O) groups excluding carboxylic acids is 1. The third-order valence-corrected chi connectivity index (χ3v) is 5.67. The predicted octanol–water partition coefficient (Wildman–Crippen LogP) is 3.98. The van der Waals surface area contributed by atoms with E-state index in [1.54, 1.807) is 37.4 Å². The molecule has 3 rings (SSSR count). The number of nitrogens with zero attached hydrogens (tertiary/aromatic N) is 2. The first kappa shape index (κ1) is 24.4. The molecular formula is C23H29BrFN3O4. The Hall–Kier alpha value is -2.20. The first-order valence-electron chi connectivity index (χ1n) is 10.5. The van der Waals surface area contributed by atoms with Crippen molar-refractivity contribution in [1.82, 2.24) is 4.90 Å². The molecule has 0 aliphatic carbocycles. The molecule has 1 heterocycles. The van der Waals surface area contributed by atoms with E-state index >= 15 is 0 Å². The molecule has 0 saturated carbocycles. The Morgan fingerprint density at radius 2 is 1.97 bits per heavy atom. The molecule has 0 bridgehead atoms. The average molecular weight is 510 g/mol. The number of anilines is 2. The van der Waals surface area contributed by atoms with Crippen molar-refractivity contribution in [2.45, 2.75) is 6.42 Å². The van der Waals surface area contributed by atoms with E-state index in [0.717, 1.165) is 37.1 Å². The highest BCUT2D eigenvalue weighted by atomic mass is 79.9. The van der Waals surface area contributed by atoms with Gasteiger partial charge in [-0.25, -0.2) is 4.39 Å². The normalized spacial score (nSPS) is 14.8. The van der Waals surface area contributed by atoms with E-state index in [9.17, 15) is 9.18 Å². The van der Waals surface area contributed by atoms with E-state index < -0.39 is 5.91 Å². The number of likely N-dealkylation sites (N-methyl/N-ethyl adjacent to an activating group) is 1. The van der Waals surface area contributed by atoms with Gasteiger partial charge in [-0.2, -0.15) is 0 Å². The van der Waals surface area contributed by atoms with E-state index in [1.807, 2.05) is 4.90 Å². The predicted molar refractivity (Wildman–Crippen MR) is 126 cm³/mol. The first-order valence-corrected chi connectivity index (χ1v) is 11.3. The number of methoxy groups -OCH3 is 1. The number of hydrogen-bond donors (Lipinski definition) is 1. The molecule has 2 aromatic rings. The largest absolute Gasteiger partial charge is 0.467 e. The van der Waals surface area contributed by atoms with Crippen LogP contribution in [0.15, 0.2) is 40.9 Å². The second kappa shape index (κ2) is 12.2. The quantitative estimate of drug-likeness (QED) is 0.407. The van der Waals surface area contributed by atoms with Gasteiger partial charge in [0.2, 0.25) is 0 Å². The van der Waals surface area contributed by atoms with Crippen LogP contribution in [0.4, 0.5) is 15.8 Å². The highest BCUT2D eigenvalue weighted by Gasteiger charge is 2.18. The van der Waals surface area contributed by atoms with Crippen LogP contribution < -0.4 is 15.0 Å². The van der Waals surface area contributed by atoms with Gasteiger partial charge < -0.3 is 29.3 Å². The minimum Gasteiger partial charge on any atom is -0.467 e. The van der Waals surface area contributed by atoms with Gasteiger partial charge in [0.05, 0.1) is 24.5 Å². The molecule has 7 nitrogen and oxygen atoms in total. The molecule has 174 valence electrons. The second-order valence-electron chi connectivity index (χ2n) is 7.57. The fourth-order valence-electron chi connectivity index (χ4n) is 3.44. The molecule has 0 aromatic heterocycles. The summed E-state index contributed by atoms with van der Waals surface area (Å²) in [6.07, 6.45) is 0.981. The van der Waals surface area contributed by atoms with E-state index in [-0.39, 0.29) is 12.6 Å². The monoisotopic (exact) mass is 509 g/mol. The highest BCUT2D eigenvalue weighted by molar-refractivity contribution is 9.10. The number of amides is 1. The Bertz CT molecular complexity index is 915. The Morgan fingerprint density at radius 1 is 1.12 bits per heavy atom. The van der Waals surface area contributed by atoms with Crippen LogP contribution in [0.5, 0.6) is 5.75 Å². The lowest BCUT2D eigenvalue weighted by Gasteiger charge is -2.23. The van der Waals surface area contributed by atoms with E-state index in [1.165, 1.54) is 6.07 Å². The average Bonchev–Trinajstić information content (AvgIpc) is 2.99. The van der Waals surface area contributed by atoms with Crippen molar-refractivity contribution in [2.24, 2.45) is 0 Å². The number of halogens is 2. The molecule has 0 atom stereocenters. The zero-order chi connectivity index (χ0) is 22.9. The third kappa shape index (κ3) is 6.90. The van der Waals surface area contributed by atoms with Crippen LogP contribution in [0.1, 0.15) is 16.8 Å². The molecule has 2 aromatic carbocycles. The van der Waals surface area contributed by atoms with Gasteiger partial charge >= 0.3 is 0 Å². The number of carbonyl (C=O) groups is 1. The van der Waals surface area contributed by atoms with Gasteiger partial charge in [-0.05, 0) is 56.4 Å². The maximum absolute atomic E-state index is 14.9. The lowest BCUT2D eigenvalue weighted by Crippen LogP contribution is -2.29. The van der Waals surface area contributed by atoms with Crippen molar-refractivity contribution in [2.75, 3.05) is 70.6 Å². The Kier molecular flexibility index (Phi) is 9.28. The molecule has 0 radical (unpaired) electrons. The maximum Gasteiger partial charge on any atom is 0.259 e. The molecule has 1 saturated heterocycles. The summed E-state index contributed by atoms with van der Waals surface area (Å²) in [6, 6.07) is 9.90. The Morgan fingerprint density at radius 3 is 2.75 bits per heavy atom. The van der Waals surface area contributed by atoms with Crippen molar-refractivity contribution in [1.29, 1.82) is 0 Å². The van der Waals surface area contributed by atoms with Crippen LogP contribution in [0, 0.1) is 5.82 Å². The van der Waals surface area contributed by atoms with Crippen LogP contribution in [0.25, 0.3) is 0 Å². The van der Waals surface area contributed by atoms with Crippen LogP contribution in [-0.2, 0) is 9.47 Å². The molecular weight excluding hydrogens is 481 g/mol. The minimum absolute atomic E-state index is 0.0143. The van der Waals surface area contributed by atoms with E-state index in [0.29, 0.717) is 35.9 Å². The zero-order valence-corrected chi connectivity index (χ0v) is 20.0. The van der Waals surface area contributed by atoms with Crippen molar-refractivity contribution in [3.05, 3.63) is 52.3 Å². The summed E-state index contributed by atoms with van der Waals surface area (Å²) in [5.41, 5.74) is 1.25. The summed E-state index contributed by atoms with van der Waals surface area (Å²) >= 11 is 3.38. The number of hydrogen-bond acceptors (Lipinski definition) is 6. The fourth-order valence-corrected chi connectivity index (χ4v) is 3.80. The molecule has 32 heavy (non-hydrogen) atoms. The SMILES string of the molecule is COCCOCOc1ccc(Br)cc1C(=O)Nc1ccc(N2CCCN(C)CC2)c(F)c1. The lowest BCUT2D eigenvalue weighted by atomic mass is 10.1. The van der Waals surface area contributed by atoms with Gasteiger partial charge in [-0.3, -0.25) is 4.79 Å². The topological polar surface area (TPSA) is 63.3 Å². The van der Waals surface area contributed by atoms with Crippen LogP contribution in [0.2, 0.25) is 0 Å². The summed E-state index contributed by atoms with van der Waals surface area (Å²) in [7, 11) is 3.66. The van der Waals surface area contributed by atoms with Gasteiger partial charge in [-0.1, -0.05) is 15.9 Å². The molecule has 0 spiro atoms. The van der Waals surface area contributed by atoms with Crippen molar-refractivity contribution in [3.63, 3.8) is 0 Å². The molecule has 9 heteroatoms. The van der Waals surface area contributed by atoms with Crippen molar-refractivity contribution in [3.8, 4) is 5.75 Å². The number of ether oxygens (including phenoxy) is 3. The molecule has 1 fully saturated rings. The smallest absolute Gasteiger partial charge is 0.259 e. The summed E-state index contributed by atoms with van der Waals surface area (Å²) in [5.74, 6) is -0.389. The van der Waals surface area contributed by atoms with Crippen molar-refractivity contribution >= 4 is 33.2 Å². The van der Waals surface area contributed by atoms with Gasteiger partial charge in [0.1, 0.15) is 11.6 Å². The first-order chi connectivity index (χ1) is 15.5. The van der Waals surface area contributed by atoms with E-state index in [2.05, 4.69) is 33.2 Å². The third-order valence-electron chi connectivity index (χ3n) is 5.18. The second-order valence-corrected chi connectivity index (χ2v) is 8.48. The fraction of sp³-hybridized carbons (Fsp3) is 0.435.